The van der Waals surface area contributed by atoms with E-state index in [-0.39, 0.29) is 18.4 Å². The summed E-state index contributed by atoms with van der Waals surface area (Å²) in [5.74, 6) is 0.598. The van der Waals surface area contributed by atoms with Gasteiger partial charge in [0.25, 0.3) is 5.91 Å². The second kappa shape index (κ2) is 9.04. The number of aliphatic hydroxyl groups excluding tert-OH is 1. The number of hydrogen-bond donors (Lipinski definition) is 1. The minimum Gasteiger partial charge on any atom is -0.396 e. The number of carbonyl (C=O) groups excluding carboxylic acids is 1. The molecule has 2 heterocycles. The predicted molar refractivity (Wildman–Crippen MR) is 109 cm³/mol. The van der Waals surface area contributed by atoms with Crippen LogP contribution in [0.4, 0.5) is 5.69 Å². The van der Waals surface area contributed by atoms with E-state index in [1.54, 1.807) is 0 Å². The van der Waals surface area contributed by atoms with E-state index in [1.807, 2.05) is 17.0 Å². The third kappa shape index (κ3) is 4.81. The van der Waals surface area contributed by atoms with Crippen LogP contribution in [-0.2, 0) is 0 Å². The third-order valence-corrected chi connectivity index (χ3v) is 6.17. The summed E-state index contributed by atoms with van der Waals surface area (Å²) in [6.45, 7) is 9.77. The van der Waals surface area contributed by atoms with Crippen LogP contribution in [0.15, 0.2) is 24.3 Å². The number of likely N-dealkylation sites (tertiary alicyclic amines) is 1. The molecule has 6 nitrogen and oxygen atoms in total. The molecule has 27 heavy (non-hydrogen) atoms. The number of carbonyl (C=O) groups is 1. The molecule has 2 aliphatic heterocycles. The largest absolute Gasteiger partial charge is 0.396 e. The first-order chi connectivity index (χ1) is 13.0. The number of nitrogens with zero attached hydrogens (tertiary/aromatic N) is 4. The van der Waals surface area contributed by atoms with Crippen molar-refractivity contribution in [1.29, 1.82) is 0 Å². The van der Waals surface area contributed by atoms with E-state index in [0.29, 0.717) is 12.5 Å². The van der Waals surface area contributed by atoms with E-state index in [4.69, 9.17) is 0 Å². The quantitative estimate of drug-likeness (QED) is 0.807. The number of anilines is 1. The third-order valence-electron chi connectivity index (χ3n) is 6.17. The van der Waals surface area contributed by atoms with Crippen LogP contribution >= 0.6 is 0 Å². The Balaban J connectivity index is 1.62. The highest BCUT2D eigenvalue weighted by molar-refractivity contribution is 5.94. The molecule has 0 spiro atoms. The van der Waals surface area contributed by atoms with Gasteiger partial charge in [0.05, 0.1) is 0 Å². The Kier molecular flexibility index (Phi) is 6.73. The molecule has 2 fully saturated rings. The van der Waals surface area contributed by atoms with Gasteiger partial charge in [-0.2, -0.15) is 0 Å². The molecule has 0 saturated carbocycles. The van der Waals surface area contributed by atoms with Crippen molar-refractivity contribution in [2.45, 2.75) is 6.92 Å². The average Bonchev–Trinajstić information content (AvgIpc) is 3.10. The van der Waals surface area contributed by atoms with Crippen molar-refractivity contribution in [3.05, 3.63) is 29.8 Å². The van der Waals surface area contributed by atoms with Gasteiger partial charge >= 0.3 is 0 Å². The number of benzene rings is 1. The second-order valence-corrected chi connectivity index (χ2v) is 8.10. The topological polar surface area (TPSA) is 50.3 Å². The van der Waals surface area contributed by atoms with Gasteiger partial charge in [0, 0.05) is 69.6 Å². The Morgan fingerprint density at radius 2 is 1.74 bits per heavy atom. The second-order valence-electron chi connectivity index (χ2n) is 8.10. The van der Waals surface area contributed by atoms with Crippen LogP contribution in [0, 0.1) is 11.8 Å². The highest BCUT2D eigenvalue weighted by Crippen LogP contribution is 2.26. The van der Waals surface area contributed by atoms with E-state index < -0.39 is 0 Å². The number of rotatable bonds is 6. The lowest BCUT2D eigenvalue weighted by molar-refractivity contribution is 0.0779. The summed E-state index contributed by atoms with van der Waals surface area (Å²) in [5.41, 5.74) is 1.94. The van der Waals surface area contributed by atoms with Crippen molar-refractivity contribution in [3.8, 4) is 0 Å². The zero-order valence-corrected chi connectivity index (χ0v) is 17.0. The molecule has 0 aromatic heterocycles. The van der Waals surface area contributed by atoms with E-state index in [1.165, 1.54) is 5.69 Å². The summed E-state index contributed by atoms with van der Waals surface area (Å²) in [6, 6.07) is 8.05. The monoisotopic (exact) mass is 374 g/mol. The standard InChI is InChI=1S/C21H34N4O2/c1-4-22(2)13-18-14-25(15-19(18)16-26)21(27)17-5-7-20(8-6-17)24-11-9-23(3)10-12-24/h5-8,18-19,26H,4,9-16H2,1-3H3/t18-,19-/m1/s1. The Morgan fingerprint density at radius 1 is 1.11 bits per heavy atom. The van der Waals surface area contributed by atoms with E-state index >= 15 is 0 Å². The van der Waals surface area contributed by atoms with Gasteiger partial charge in [-0.25, -0.2) is 0 Å². The van der Waals surface area contributed by atoms with E-state index in [2.05, 4.69) is 47.9 Å². The first-order valence-electron chi connectivity index (χ1n) is 10.1. The minimum absolute atomic E-state index is 0.0834. The lowest BCUT2D eigenvalue weighted by Crippen LogP contribution is -2.44. The van der Waals surface area contributed by atoms with Gasteiger partial charge in [-0.15, -0.1) is 0 Å². The van der Waals surface area contributed by atoms with Gasteiger partial charge in [0.2, 0.25) is 0 Å². The smallest absolute Gasteiger partial charge is 0.253 e. The summed E-state index contributed by atoms with van der Waals surface area (Å²) in [5, 5.41) is 9.73. The molecule has 0 unspecified atom stereocenters. The van der Waals surface area contributed by atoms with Gasteiger partial charge in [0.15, 0.2) is 0 Å². The first kappa shape index (κ1) is 20.1. The van der Waals surface area contributed by atoms with Crippen molar-refractivity contribution in [2.75, 3.05) is 78.0 Å². The summed E-state index contributed by atoms with van der Waals surface area (Å²) in [7, 11) is 4.25. The summed E-state index contributed by atoms with van der Waals surface area (Å²) in [6.07, 6.45) is 0. The molecule has 2 atom stereocenters. The Morgan fingerprint density at radius 3 is 2.33 bits per heavy atom. The van der Waals surface area contributed by atoms with Crippen molar-refractivity contribution in [3.63, 3.8) is 0 Å². The molecule has 1 N–H and O–H groups in total. The van der Waals surface area contributed by atoms with E-state index in [9.17, 15) is 9.90 Å². The van der Waals surface area contributed by atoms with Crippen LogP contribution in [0.1, 0.15) is 17.3 Å². The van der Waals surface area contributed by atoms with Gasteiger partial charge in [-0.3, -0.25) is 4.79 Å². The minimum atomic E-state index is 0.0834. The van der Waals surface area contributed by atoms with Gasteiger partial charge < -0.3 is 24.7 Å². The molecule has 1 aromatic rings. The number of piperazine rings is 1. The maximum Gasteiger partial charge on any atom is 0.253 e. The Bertz CT molecular complexity index is 613. The van der Waals surface area contributed by atoms with Gasteiger partial charge in [0.1, 0.15) is 0 Å². The van der Waals surface area contributed by atoms with Crippen LogP contribution in [-0.4, -0.2) is 98.8 Å². The molecule has 150 valence electrons. The SMILES string of the molecule is CCN(C)C[C@@H]1CN(C(=O)c2ccc(N3CCN(C)CC3)cc2)C[C@@H]1CO. The predicted octanol–water partition coefficient (Wildman–Crippen LogP) is 1.07. The van der Waals surface area contributed by atoms with Crippen LogP contribution < -0.4 is 4.90 Å². The van der Waals surface area contributed by atoms with Crippen molar-refractivity contribution >= 4 is 11.6 Å². The summed E-state index contributed by atoms with van der Waals surface area (Å²) in [4.78, 5) is 21.8. The highest BCUT2D eigenvalue weighted by atomic mass is 16.3. The molecule has 0 bridgehead atoms. The van der Waals surface area contributed by atoms with Crippen LogP contribution in [0.5, 0.6) is 0 Å². The Labute approximate surface area is 163 Å². The Hall–Kier alpha value is -1.63. The van der Waals surface area contributed by atoms with E-state index in [0.717, 1.165) is 51.4 Å². The molecule has 6 heteroatoms. The number of hydrogen-bond acceptors (Lipinski definition) is 5. The maximum absolute atomic E-state index is 13.0. The highest BCUT2D eigenvalue weighted by Gasteiger charge is 2.35. The van der Waals surface area contributed by atoms with Crippen molar-refractivity contribution in [2.24, 2.45) is 11.8 Å². The molecule has 0 aliphatic carbocycles. The molecule has 0 radical (unpaired) electrons. The molecular formula is C21H34N4O2. The maximum atomic E-state index is 13.0. The van der Waals surface area contributed by atoms with Crippen LogP contribution in [0.2, 0.25) is 0 Å². The molecular weight excluding hydrogens is 340 g/mol. The zero-order valence-electron chi connectivity index (χ0n) is 17.0. The molecule has 2 saturated heterocycles. The molecule has 1 aromatic carbocycles. The summed E-state index contributed by atoms with van der Waals surface area (Å²) >= 11 is 0. The lowest BCUT2D eigenvalue weighted by Gasteiger charge is -2.34. The first-order valence-corrected chi connectivity index (χ1v) is 10.1. The number of aliphatic hydroxyl groups is 1. The van der Waals surface area contributed by atoms with Crippen LogP contribution in [0.25, 0.3) is 0 Å². The molecule has 3 rings (SSSR count). The van der Waals surface area contributed by atoms with Crippen molar-refractivity contribution in [1.82, 2.24) is 14.7 Å². The van der Waals surface area contributed by atoms with Gasteiger partial charge in [-0.1, -0.05) is 6.92 Å². The molecule has 2 aliphatic rings. The fourth-order valence-electron chi connectivity index (χ4n) is 4.11. The summed E-state index contributed by atoms with van der Waals surface area (Å²) < 4.78 is 0. The fourth-order valence-corrected chi connectivity index (χ4v) is 4.11. The van der Waals surface area contributed by atoms with Gasteiger partial charge in [-0.05, 0) is 50.8 Å². The number of likely N-dealkylation sites (N-methyl/N-ethyl adjacent to an activating group) is 1. The zero-order chi connectivity index (χ0) is 19.4. The normalized spacial score (nSPS) is 24.0. The molecule has 1 amide bonds. The van der Waals surface area contributed by atoms with Crippen molar-refractivity contribution < 1.29 is 9.90 Å². The number of amides is 1. The average molecular weight is 375 g/mol. The lowest BCUT2D eigenvalue weighted by atomic mass is 9.96. The fraction of sp³-hybridized carbons (Fsp3) is 0.667. The van der Waals surface area contributed by atoms with Crippen LogP contribution in [0.3, 0.4) is 0 Å².